The molecule has 1 aliphatic carbocycles. The van der Waals surface area contributed by atoms with E-state index in [4.69, 9.17) is 22.7 Å². The molecule has 0 aliphatic heterocycles. The molecule has 0 heterocycles. The third-order valence-electron chi connectivity index (χ3n) is 3.22. The van der Waals surface area contributed by atoms with Crippen molar-refractivity contribution in [3.8, 4) is 5.75 Å². The summed E-state index contributed by atoms with van der Waals surface area (Å²) in [5, 5.41) is 0. The van der Waals surface area contributed by atoms with Gasteiger partial charge in [0.05, 0.1) is 5.56 Å². The minimum absolute atomic E-state index is 0.0461. The first-order valence-electron chi connectivity index (χ1n) is 6.55. The van der Waals surface area contributed by atoms with E-state index in [1.165, 1.54) is 12.1 Å². The Labute approximate surface area is 122 Å². The van der Waals surface area contributed by atoms with Crippen LogP contribution >= 0.6 is 12.2 Å². The van der Waals surface area contributed by atoms with Crippen LogP contribution < -0.4 is 10.5 Å². The van der Waals surface area contributed by atoms with Crippen LogP contribution in [0.1, 0.15) is 25.3 Å². The lowest BCUT2D eigenvalue weighted by atomic mass is 10.2. The Kier molecular flexibility index (Phi) is 4.54. The summed E-state index contributed by atoms with van der Waals surface area (Å²) in [5.41, 5.74) is 5.53. The molecule has 20 heavy (non-hydrogen) atoms. The summed E-state index contributed by atoms with van der Waals surface area (Å²) < 4.78 is 19.0. The molecule has 0 atom stereocenters. The van der Waals surface area contributed by atoms with Gasteiger partial charge in [0.1, 0.15) is 16.6 Å². The van der Waals surface area contributed by atoms with E-state index in [2.05, 4.69) is 0 Å². The molecule has 0 bridgehead atoms. The predicted octanol–water partition coefficient (Wildman–Crippen LogP) is 1.85. The van der Waals surface area contributed by atoms with E-state index in [0.29, 0.717) is 12.6 Å². The van der Waals surface area contributed by atoms with E-state index in [1.54, 1.807) is 11.0 Å². The van der Waals surface area contributed by atoms with Gasteiger partial charge in [-0.2, -0.15) is 0 Å². The highest BCUT2D eigenvalue weighted by atomic mass is 32.1. The van der Waals surface area contributed by atoms with Gasteiger partial charge in [0.25, 0.3) is 5.91 Å². The Morgan fingerprint density at radius 3 is 2.80 bits per heavy atom. The van der Waals surface area contributed by atoms with Gasteiger partial charge in [-0.3, -0.25) is 4.79 Å². The fraction of sp³-hybridized carbons (Fsp3) is 0.429. The molecule has 0 saturated heterocycles. The first-order valence-corrected chi connectivity index (χ1v) is 6.96. The van der Waals surface area contributed by atoms with E-state index in [0.717, 1.165) is 12.8 Å². The van der Waals surface area contributed by atoms with Gasteiger partial charge in [-0.15, -0.1) is 0 Å². The van der Waals surface area contributed by atoms with Crippen molar-refractivity contribution in [2.45, 2.75) is 25.8 Å². The molecule has 2 rings (SSSR count). The molecule has 0 radical (unpaired) electrons. The third kappa shape index (κ3) is 3.25. The molecular weight excluding hydrogens is 279 g/mol. The molecule has 2 N–H and O–H groups in total. The van der Waals surface area contributed by atoms with E-state index in [1.807, 2.05) is 6.92 Å². The number of hydrogen-bond donors (Lipinski definition) is 1. The van der Waals surface area contributed by atoms with E-state index >= 15 is 0 Å². The lowest BCUT2D eigenvalue weighted by Crippen LogP contribution is -2.36. The van der Waals surface area contributed by atoms with Crippen LogP contribution in [0.4, 0.5) is 4.39 Å². The van der Waals surface area contributed by atoms with Gasteiger partial charge in [0.2, 0.25) is 0 Å². The normalized spacial score (nSPS) is 13.9. The van der Waals surface area contributed by atoms with Gasteiger partial charge in [-0.25, -0.2) is 4.39 Å². The predicted molar refractivity (Wildman–Crippen MR) is 78.2 cm³/mol. The smallest absolute Gasteiger partial charge is 0.260 e. The van der Waals surface area contributed by atoms with Crippen molar-refractivity contribution in [1.82, 2.24) is 4.90 Å². The number of halogens is 1. The number of thiocarbonyl (C=S) groups is 1. The molecule has 1 aliphatic rings. The number of nitrogens with zero attached hydrogens (tertiary/aromatic N) is 1. The van der Waals surface area contributed by atoms with Gasteiger partial charge in [0.15, 0.2) is 6.61 Å². The number of benzene rings is 1. The summed E-state index contributed by atoms with van der Waals surface area (Å²) in [6, 6.07) is 4.64. The second kappa shape index (κ2) is 6.17. The first-order chi connectivity index (χ1) is 9.54. The Bertz CT molecular complexity index is 532. The number of rotatable bonds is 6. The summed E-state index contributed by atoms with van der Waals surface area (Å²) in [5.74, 6) is -0.442. The van der Waals surface area contributed by atoms with Crippen LogP contribution in [-0.4, -0.2) is 35.0 Å². The zero-order valence-electron chi connectivity index (χ0n) is 11.3. The molecule has 0 spiro atoms. The molecule has 1 amide bonds. The van der Waals surface area contributed by atoms with Crippen molar-refractivity contribution in [2.75, 3.05) is 13.2 Å². The molecule has 1 fully saturated rings. The van der Waals surface area contributed by atoms with E-state index in [-0.39, 0.29) is 28.8 Å². The summed E-state index contributed by atoms with van der Waals surface area (Å²) in [6.45, 7) is 2.44. The minimum Gasteiger partial charge on any atom is -0.483 e. The minimum atomic E-state index is -0.544. The van der Waals surface area contributed by atoms with Crippen molar-refractivity contribution in [3.05, 3.63) is 29.6 Å². The number of amides is 1. The molecule has 108 valence electrons. The fourth-order valence-corrected chi connectivity index (χ4v) is 2.31. The lowest BCUT2D eigenvalue weighted by Gasteiger charge is -2.20. The van der Waals surface area contributed by atoms with Crippen molar-refractivity contribution in [1.29, 1.82) is 0 Å². The highest BCUT2D eigenvalue weighted by Gasteiger charge is 2.31. The van der Waals surface area contributed by atoms with Gasteiger partial charge in [-0.05, 0) is 31.9 Å². The maximum absolute atomic E-state index is 13.6. The van der Waals surface area contributed by atoms with E-state index in [9.17, 15) is 9.18 Å². The van der Waals surface area contributed by atoms with Crippen molar-refractivity contribution in [3.63, 3.8) is 0 Å². The highest BCUT2D eigenvalue weighted by molar-refractivity contribution is 7.80. The Morgan fingerprint density at radius 2 is 2.25 bits per heavy atom. The van der Waals surface area contributed by atoms with Crippen molar-refractivity contribution >= 4 is 23.1 Å². The number of hydrogen-bond acceptors (Lipinski definition) is 3. The topological polar surface area (TPSA) is 55.6 Å². The average molecular weight is 296 g/mol. The molecule has 0 aromatic heterocycles. The first kappa shape index (κ1) is 14.7. The SMILES string of the molecule is CCN(C(=O)COc1cccc(F)c1C(N)=S)C1CC1. The van der Waals surface area contributed by atoms with E-state index < -0.39 is 5.82 Å². The summed E-state index contributed by atoms with van der Waals surface area (Å²) in [7, 11) is 0. The van der Waals surface area contributed by atoms with Crippen molar-refractivity contribution in [2.24, 2.45) is 5.73 Å². The number of nitrogens with two attached hydrogens (primary N) is 1. The monoisotopic (exact) mass is 296 g/mol. The summed E-state index contributed by atoms with van der Waals surface area (Å²) in [4.78, 5) is 13.7. The molecule has 1 saturated carbocycles. The molecule has 4 nitrogen and oxygen atoms in total. The number of ether oxygens (including phenoxy) is 1. The highest BCUT2D eigenvalue weighted by Crippen LogP contribution is 2.27. The van der Waals surface area contributed by atoms with Crippen LogP contribution in [0.2, 0.25) is 0 Å². The van der Waals surface area contributed by atoms with Crippen LogP contribution in [-0.2, 0) is 4.79 Å². The average Bonchev–Trinajstić information content (AvgIpc) is 3.21. The molecule has 1 aromatic carbocycles. The summed E-state index contributed by atoms with van der Waals surface area (Å²) in [6.07, 6.45) is 2.08. The quantitative estimate of drug-likeness (QED) is 0.814. The van der Waals surface area contributed by atoms with Crippen LogP contribution in [0.3, 0.4) is 0 Å². The van der Waals surface area contributed by atoms with Gasteiger partial charge >= 0.3 is 0 Å². The number of carbonyl (C=O) groups excluding carboxylic acids is 1. The molecule has 6 heteroatoms. The number of carbonyl (C=O) groups is 1. The molecular formula is C14H17FN2O2S. The molecule has 0 unspecified atom stereocenters. The van der Waals surface area contributed by atoms with Gasteiger partial charge in [-0.1, -0.05) is 18.3 Å². The third-order valence-corrected chi connectivity index (χ3v) is 3.43. The van der Waals surface area contributed by atoms with Crippen molar-refractivity contribution < 1.29 is 13.9 Å². The van der Waals surface area contributed by atoms with Crippen LogP contribution in [0.15, 0.2) is 18.2 Å². The van der Waals surface area contributed by atoms with Crippen LogP contribution in [0, 0.1) is 5.82 Å². The maximum Gasteiger partial charge on any atom is 0.260 e. The van der Waals surface area contributed by atoms with Gasteiger partial charge in [0, 0.05) is 12.6 Å². The largest absolute Gasteiger partial charge is 0.483 e. The standard InChI is InChI=1S/C14H17FN2O2S/c1-2-17(9-6-7-9)12(18)8-19-11-5-3-4-10(15)13(11)14(16)20/h3-5,9H,2,6-8H2,1H3,(H2,16,20). The lowest BCUT2D eigenvalue weighted by molar-refractivity contribution is -0.133. The summed E-state index contributed by atoms with van der Waals surface area (Å²) >= 11 is 4.81. The Morgan fingerprint density at radius 1 is 1.55 bits per heavy atom. The zero-order chi connectivity index (χ0) is 14.7. The Hall–Kier alpha value is -1.69. The van der Waals surface area contributed by atoms with Gasteiger partial charge < -0.3 is 15.4 Å². The maximum atomic E-state index is 13.6. The van der Waals surface area contributed by atoms with Crippen LogP contribution in [0.25, 0.3) is 0 Å². The Balaban J connectivity index is 2.05. The molecule has 1 aromatic rings. The van der Waals surface area contributed by atoms with Crippen LogP contribution in [0.5, 0.6) is 5.75 Å². The second-order valence-corrected chi connectivity index (χ2v) is 5.12. The zero-order valence-corrected chi connectivity index (χ0v) is 12.1. The second-order valence-electron chi connectivity index (χ2n) is 4.68. The number of likely N-dealkylation sites (N-methyl/N-ethyl adjacent to an activating group) is 1. The fourth-order valence-electron chi connectivity index (χ4n) is 2.11.